The second kappa shape index (κ2) is 10.4. The molecule has 3 aromatic rings. The molecule has 7 nitrogen and oxygen atoms in total. The van der Waals surface area contributed by atoms with Crippen LogP contribution in [0.15, 0.2) is 53.3 Å². The fraction of sp³-hybridized carbons (Fsp3) is 0.364. The Balaban J connectivity index is 1.41. The number of rotatable bonds is 10. The Bertz CT molecular complexity index is 894. The van der Waals surface area contributed by atoms with Crippen LogP contribution in [-0.4, -0.2) is 21.0 Å². The number of carbonyl (C=O) groups is 1. The average Bonchev–Trinajstić information content (AvgIpc) is 3.21. The van der Waals surface area contributed by atoms with Crippen molar-refractivity contribution in [2.24, 2.45) is 0 Å². The van der Waals surface area contributed by atoms with Gasteiger partial charge in [0.15, 0.2) is 5.82 Å². The van der Waals surface area contributed by atoms with E-state index in [2.05, 4.69) is 20.4 Å². The zero-order valence-electron chi connectivity index (χ0n) is 16.8. The smallest absolute Gasteiger partial charge is 0.226 e. The second-order valence-corrected chi connectivity index (χ2v) is 6.82. The first kappa shape index (κ1) is 20.5. The van der Waals surface area contributed by atoms with E-state index in [1.807, 2.05) is 50.2 Å². The highest BCUT2D eigenvalue weighted by Crippen LogP contribution is 2.19. The molecule has 0 aliphatic rings. The topological polar surface area (TPSA) is 90.1 Å². The van der Waals surface area contributed by atoms with Crippen molar-refractivity contribution in [3.63, 3.8) is 0 Å². The third kappa shape index (κ3) is 6.41. The maximum Gasteiger partial charge on any atom is 0.226 e. The number of aryl methyl sites for hydroxylation is 2. The van der Waals surface area contributed by atoms with E-state index in [9.17, 15) is 4.79 Å². The summed E-state index contributed by atoms with van der Waals surface area (Å²) in [5.41, 5.74) is 2.04. The summed E-state index contributed by atoms with van der Waals surface area (Å²) in [6.45, 7) is 4.41. The molecule has 1 atom stereocenters. The first-order chi connectivity index (χ1) is 14.1. The van der Waals surface area contributed by atoms with Crippen LogP contribution >= 0.6 is 0 Å². The molecule has 0 aliphatic heterocycles. The number of amides is 1. The van der Waals surface area contributed by atoms with Crippen molar-refractivity contribution in [1.82, 2.24) is 20.4 Å². The Hall–Kier alpha value is -3.22. The highest BCUT2D eigenvalue weighted by Gasteiger charge is 2.11. The maximum absolute atomic E-state index is 12.2. The van der Waals surface area contributed by atoms with Crippen LogP contribution in [0.3, 0.4) is 0 Å². The molecule has 2 aromatic heterocycles. The van der Waals surface area contributed by atoms with Gasteiger partial charge in [0.25, 0.3) is 0 Å². The van der Waals surface area contributed by atoms with Crippen molar-refractivity contribution < 1.29 is 14.1 Å². The van der Waals surface area contributed by atoms with Gasteiger partial charge >= 0.3 is 0 Å². The fourth-order valence-electron chi connectivity index (χ4n) is 2.84. The highest BCUT2D eigenvalue weighted by atomic mass is 16.5. The summed E-state index contributed by atoms with van der Waals surface area (Å²) >= 11 is 0. The molecule has 0 spiro atoms. The quantitative estimate of drug-likeness (QED) is 0.562. The molecule has 2 heterocycles. The van der Waals surface area contributed by atoms with Crippen LogP contribution in [0.2, 0.25) is 0 Å². The zero-order valence-corrected chi connectivity index (χ0v) is 16.8. The monoisotopic (exact) mass is 394 g/mol. The van der Waals surface area contributed by atoms with Crippen molar-refractivity contribution >= 4 is 5.91 Å². The van der Waals surface area contributed by atoms with Crippen molar-refractivity contribution in [1.29, 1.82) is 0 Å². The molecule has 152 valence electrons. The molecular weight excluding hydrogens is 368 g/mol. The van der Waals surface area contributed by atoms with Crippen molar-refractivity contribution in [2.45, 2.75) is 52.2 Å². The second-order valence-electron chi connectivity index (χ2n) is 6.82. The first-order valence-electron chi connectivity index (χ1n) is 9.86. The van der Waals surface area contributed by atoms with Crippen LogP contribution in [0.4, 0.5) is 0 Å². The lowest BCUT2D eigenvalue weighted by Crippen LogP contribution is -2.26. The molecule has 1 unspecified atom stereocenters. The van der Waals surface area contributed by atoms with Crippen LogP contribution in [0.5, 0.6) is 5.75 Å². The highest BCUT2D eigenvalue weighted by molar-refractivity contribution is 5.76. The molecule has 7 heteroatoms. The Kier molecular flexibility index (Phi) is 7.33. The number of benzene rings is 1. The lowest BCUT2D eigenvalue weighted by Gasteiger charge is -2.15. The van der Waals surface area contributed by atoms with Gasteiger partial charge < -0.3 is 14.6 Å². The van der Waals surface area contributed by atoms with Crippen LogP contribution in [0, 0.1) is 0 Å². The number of hydrogen-bond acceptors (Lipinski definition) is 6. The molecule has 3 rings (SSSR count). The van der Waals surface area contributed by atoms with Crippen LogP contribution < -0.4 is 10.1 Å². The summed E-state index contributed by atoms with van der Waals surface area (Å²) in [6.07, 6.45) is 5.96. The van der Waals surface area contributed by atoms with Crippen molar-refractivity contribution in [3.05, 3.63) is 71.6 Å². The molecule has 1 N–H and O–H groups in total. The Morgan fingerprint density at radius 3 is 2.76 bits per heavy atom. The Labute approximate surface area is 170 Å². The number of nitrogens with one attached hydrogen (secondary N) is 1. The van der Waals surface area contributed by atoms with Gasteiger partial charge in [0, 0.05) is 37.2 Å². The molecule has 0 saturated carbocycles. The molecule has 0 aliphatic carbocycles. The van der Waals surface area contributed by atoms with Gasteiger partial charge in [0.05, 0.1) is 6.04 Å². The minimum atomic E-state index is -0.0787. The molecule has 29 heavy (non-hydrogen) atoms. The summed E-state index contributed by atoms with van der Waals surface area (Å²) in [6, 6.07) is 11.5. The van der Waals surface area contributed by atoms with Gasteiger partial charge in [-0.15, -0.1) is 0 Å². The molecule has 0 radical (unpaired) electrons. The summed E-state index contributed by atoms with van der Waals surface area (Å²) in [5, 5.41) is 6.88. The van der Waals surface area contributed by atoms with Gasteiger partial charge in [-0.05, 0) is 37.1 Å². The van der Waals surface area contributed by atoms with Crippen LogP contribution in [-0.2, 0) is 24.2 Å². The number of nitrogens with zero attached hydrogens (tertiary/aromatic N) is 3. The molecule has 0 fully saturated rings. The largest absolute Gasteiger partial charge is 0.489 e. The van der Waals surface area contributed by atoms with Crippen molar-refractivity contribution in [3.8, 4) is 5.75 Å². The van der Waals surface area contributed by atoms with E-state index in [0.29, 0.717) is 37.6 Å². The summed E-state index contributed by atoms with van der Waals surface area (Å²) in [5.74, 6) is 2.07. The van der Waals surface area contributed by atoms with E-state index in [-0.39, 0.29) is 11.9 Å². The fourth-order valence-corrected chi connectivity index (χ4v) is 2.84. The molecule has 0 saturated heterocycles. The minimum Gasteiger partial charge on any atom is -0.489 e. The maximum atomic E-state index is 12.2. The van der Waals surface area contributed by atoms with Gasteiger partial charge in [-0.3, -0.25) is 9.78 Å². The number of carbonyl (C=O) groups excluding carboxylic acids is 1. The zero-order chi connectivity index (χ0) is 20.5. The molecular formula is C22H26N4O3. The number of ether oxygens (including phenoxy) is 1. The third-order valence-corrected chi connectivity index (χ3v) is 4.51. The van der Waals surface area contributed by atoms with E-state index in [4.69, 9.17) is 9.26 Å². The van der Waals surface area contributed by atoms with E-state index < -0.39 is 0 Å². The minimum absolute atomic E-state index is 0.00429. The van der Waals surface area contributed by atoms with E-state index in [0.717, 1.165) is 23.3 Å². The Morgan fingerprint density at radius 1 is 1.24 bits per heavy atom. The predicted octanol–water partition coefficient (Wildman–Crippen LogP) is 3.81. The molecule has 1 amide bonds. The lowest BCUT2D eigenvalue weighted by molar-refractivity contribution is -0.121. The van der Waals surface area contributed by atoms with Gasteiger partial charge in [-0.25, -0.2) is 0 Å². The van der Waals surface area contributed by atoms with Gasteiger partial charge in [-0.1, -0.05) is 30.3 Å². The van der Waals surface area contributed by atoms with Crippen LogP contribution in [0.25, 0.3) is 0 Å². The van der Waals surface area contributed by atoms with Crippen LogP contribution in [0.1, 0.15) is 55.6 Å². The van der Waals surface area contributed by atoms with Gasteiger partial charge in [0.2, 0.25) is 11.8 Å². The summed E-state index contributed by atoms with van der Waals surface area (Å²) in [4.78, 5) is 20.5. The van der Waals surface area contributed by atoms with E-state index in [1.165, 1.54) is 0 Å². The van der Waals surface area contributed by atoms with Crippen molar-refractivity contribution in [2.75, 3.05) is 0 Å². The lowest BCUT2D eigenvalue weighted by atomic mass is 10.1. The van der Waals surface area contributed by atoms with Gasteiger partial charge in [-0.2, -0.15) is 4.98 Å². The predicted molar refractivity (Wildman–Crippen MR) is 108 cm³/mol. The first-order valence-corrected chi connectivity index (χ1v) is 9.86. The average molecular weight is 394 g/mol. The summed E-state index contributed by atoms with van der Waals surface area (Å²) in [7, 11) is 0. The molecule has 1 aromatic carbocycles. The number of aromatic nitrogens is 3. The summed E-state index contributed by atoms with van der Waals surface area (Å²) < 4.78 is 10.9. The standard InChI is InChI=1S/C22H26N4O3/c1-3-20-25-22(29-26-20)8-4-7-21(27)24-16(2)18-9-11-19(12-10-18)28-15-17-6-5-13-23-14-17/h5-6,9-14,16H,3-4,7-8,15H2,1-2H3,(H,24,27). The van der Waals surface area contributed by atoms with E-state index >= 15 is 0 Å². The Morgan fingerprint density at radius 2 is 2.07 bits per heavy atom. The van der Waals surface area contributed by atoms with E-state index in [1.54, 1.807) is 12.4 Å². The number of hydrogen-bond donors (Lipinski definition) is 1. The third-order valence-electron chi connectivity index (χ3n) is 4.51. The molecule has 0 bridgehead atoms. The number of pyridine rings is 1. The normalized spacial score (nSPS) is 11.8. The van der Waals surface area contributed by atoms with Gasteiger partial charge in [0.1, 0.15) is 12.4 Å². The SMILES string of the molecule is CCc1noc(CCCC(=O)NC(C)c2ccc(OCc3cccnc3)cc2)n1.